The van der Waals surface area contributed by atoms with Crippen LogP contribution in [0.25, 0.3) is 11.1 Å². The number of para-hydroxylation sites is 1. The lowest BCUT2D eigenvalue weighted by atomic mass is 9.26. The summed E-state index contributed by atoms with van der Waals surface area (Å²) in [6, 6.07) is 62.8. The topological polar surface area (TPSA) is 12.5 Å². The van der Waals surface area contributed by atoms with Crippen molar-refractivity contribution < 1.29 is 4.74 Å². The van der Waals surface area contributed by atoms with Crippen molar-refractivity contribution in [1.29, 1.82) is 0 Å². The minimum absolute atomic E-state index is 0.0135. The summed E-state index contributed by atoms with van der Waals surface area (Å²) in [6.07, 6.45) is 7.98. The number of hydrogen-bond acceptors (Lipinski definition) is 2. The van der Waals surface area contributed by atoms with E-state index < -0.39 is 5.41 Å². The summed E-state index contributed by atoms with van der Waals surface area (Å²) in [5.74, 6) is 5.29. The second-order valence-electron chi connectivity index (χ2n) is 21.9. The van der Waals surface area contributed by atoms with Gasteiger partial charge in [0, 0.05) is 33.5 Å². The van der Waals surface area contributed by atoms with Crippen LogP contribution >= 0.6 is 0 Å². The molecular formula is C61H55NO. The largest absolute Gasteiger partial charge is 0.457 e. The van der Waals surface area contributed by atoms with Gasteiger partial charge >= 0.3 is 0 Å². The molecule has 6 atom stereocenters. The first-order chi connectivity index (χ1) is 30.7. The van der Waals surface area contributed by atoms with Crippen molar-refractivity contribution in [3.05, 3.63) is 208 Å². The van der Waals surface area contributed by atoms with Crippen LogP contribution < -0.4 is 9.64 Å². The SMILES string of the molecule is CC1(C)CCC(C)(C)c2cc(N(c3ccc4c(c3)C3(c5ccccc5O4)C4CC5CC6CC3C64C5)c3cccc4c3-c3ccccc3C4(c3ccccc3)c3ccccc3)ccc21. The molecule has 0 saturated heterocycles. The van der Waals surface area contributed by atoms with E-state index in [0.29, 0.717) is 17.3 Å². The average Bonchev–Trinajstić information content (AvgIpc) is 3.95. The van der Waals surface area contributed by atoms with Crippen LogP contribution in [0, 0.1) is 29.1 Å². The molecule has 2 nitrogen and oxygen atoms in total. The lowest BCUT2D eigenvalue weighted by Gasteiger charge is -2.77. The van der Waals surface area contributed by atoms with Crippen molar-refractivity contribution >= 4 is 17.1 Å². The highest BCUT2D eigenvalue weighted by molar-refractivity contribution is 5.97. The lowest BCUT2D eigenvalue weighted by molar-refractivity contribution is -0.235. The van der Waals surface area contributed by atoms with Crippen LogP contribution in [0.4, 0.5) is 17.1 Å². The van der Waals surface area contributed by atoms with Gasteiger partial charge in [0.1, 0.15) is 11.5 Å². The molecule has 7 aliphatic rings. The van der Waals surface area contributed by atoms with Crippen LogP contribution in [0.15, 0.2) is 164 Å². The Morgan fingerprint density at radius 1 is 0.492 bits per heavy atom. The minimum Gasteiger partial charge on any atom is -0.457 e. The second-order valence-corrected chi connectivity index (χ2v) is 21.9. The third-order valence-electron chi connectivity index (χ3n) is 18.5. The Balaban J connectivity index is 1.05. The van der Waals surface area contributed by atoms with Gasteiger partial charge in [-0.15, -0.1) is 0 Å². The van der Waals surface area contributed by atoms with Gasteiger partial charge in [-0.1, -0.05) is 149 Å². The van der Waals surface area contributed by atoms with Crippen LogP contribution in [-0.4, -0.2) is 0 Å². The molecule has 2 bridgehead atoms. The number of anilines is 3. The van der Waals surface area contributed by atoms with Crippen LogP contribution in [0.1, 0.15) is 111 Å². The molecule has 0 aromatic heterocycles. The molecule has 2 spiro atoms. The maximum Gasteiger partial charge on any atom is 0.131 e. The molecule has 1 aliphatic heterocycles. The van der Waals surface area contributed by atoms with Gasteiger partial charge in [0.15, 0.2) is 0 Å². The summed E-state index contributed by atoms with van der Waals surface area (Å²) in [4.78, 5) is 2.65. The first-order valence-electron chi connectivity index (χ1n) is 23.9. The van der Waals surface area contributed by atoms with Crippen molar-refractivity contribution in [2.45, 2.75) is 87.9 Å². The van der Waals surface area contributed by atoms with Gasteiger partial charge in [0.2, 0.25) is 0 Å². The number of ether oxygens (including phenoxy) is 1. The molecule has 6 unspecified atom stereocenters. The fourth-order valence-corrected chi connectivity index (χ4v) is 16.0. The van der Waals surface area contributed by atoms with Gasteiger partial charge in [-0.25, -0.2) is 0 Å². The monoisotopic (exact) mass is 817 g/mol. The van der Waals surface area contributed by atoms with E-state index in [-0.39, 0.29) is 16.2 Å². The van der Waals surface area contributed by atoms with Crippen LogP contribution in [0.3, 0.4) is 0 Å². The zero-order valence-electron chi connectivity index (χ0n) is 37.0. The zero-order chi connectivity index (χ0) is 42.1. The zero-order valence-corrected chi connectivity index (χ0v) is 37.0. The Morgan fingerprint density at radius 3 is 1.84 bits per heavy atom. The maximum absolute atomic E-state index is 7.00. The molecule has 0 radical (unpaired) electrons. The van der Waals surface area contributed by atoms with Gasteiger partial charge in [-0.3, -0.25) is 0 Å². The summed E-state index contributed by atoms with van der Waals surface area (Å²) in [5, 5.41) is 0. The maximum atomic E-state index is 7.00. The molecule has 4 fully saturated rings. The molecule has 63 heavy (non-hydrogen) atoms. The molecular weight excluding hydrogens is 763 g/mol. The number of hydrogen-bond donors (Lipinski definition) is 0. The van der Waals surface area contributed by atoms with Gasteiger partial charge in [-0.05, 0) is 160 Å². The van der Waals surface area contributed by atoms with E-state index in [2.05, 4.69) is 196 Å². The van der Waals surface area contributed by atoms with Crippen molar-refractivity contribution in [1.82, 2.24) is 0 Å². The Labute approximate surface area is 373 Å². The first-order valence-corrected chi connectivity index (χ1v) is 23.9. The second kappa shape index (κ2) is 12.2. The molecule has 310 valence electrons. The third-order valence-corrected chi connectivity index (χ3v) is 18.5. The highest BCUT2D eigenvalue weighted by Crippen LogP contribution is 2.89. The van der Waals surface area contributed by atoms with Crippen LogP contribution in [-0.2, 0) is 21.7 Å². The highest BCUT2D eigenvalue weighted by atomic mass is 16.5. The van der Waals surface area contributed by atoms with Gasteiger partial charge in [0.05, 0.1) is 11.1 Å². The standard InChI is InChI=1S/C61H55NO/c1-57(2)30-31-58(3,4)49-35-42(26-28-46(49)57)62(43-27-29-53-50(36-43)61(47-22-13-14-25-52(47)63-53)54-33-38-32-41-34-55(61)59(41,54)37-38)51-24-15-23-48-56(51)44-20-11-12-21-45(44)60(48,39-16-7-5-8-17-39)40-18-9-6-10-19-40/h5-29,35-36,38,41,54-55H,30-34,37H2,1-4H3. The van der Waals surface area contributed by atoms with Gasteiger partial charge < -0.3 is 9.64 Å². The molecule has 7 aromatic carbocycles. The quantitative estimate of drug-likeness (QED) is 0.172. The fraction of sp³-hybridized carbons (Fsp3) is 0.311. The first kappa shape index (κ1) is 36.6. The molecule has 0 N–H and O–H groups in total. The molecule has 0 amide bonds. The van der Waals surface area contributed by atoms with Gasteiger partial charge in [0.25, 0.3) is 0 Å². The summed E-state index contributed by atoms with van der Waals surface area (Å²) >= 11 is 0. The predicted octanol–water partition coefficient (Wildman–Crippen LogP) is 15.3. The van der Waals surface area contributed by atoms with Crippen LogP contribution in [0.5, 0.6) is 11.5 Å². The normalized spacial score (nSPS) is 28.3. The van der Waals surface area contributed by atoms with E-state index in [1.165, 1.54) is 111 Å². The summed E-state index contributed by atoms with van der Waals surface area (Å²) < 4.78 is 7.00. The van der Waals surface area contributed by atoms with Crippen molar-refractivity contribution in [3.8, 4) is 22.6 Å². The molecule has 6 aliphatic carbocycles. The van der Waals surface area contributed by atoms with Gasteiger partial charge in [-0.2, -0.15) is 0 Å². The molecule has 14 rings (SSSR count). The summed E-state index contributed by atoms with van der Waals surface area (Å²) in [7, 11) is 0. The van der Waals surface area contributed by atoms with E-state index in [1.807, 2.05) is 0 Å². The number of rotatable bonds is 5. The number of benzene rings is 7. The predicted molar refractivity (Wildman–Crippen MR) is 256 cm³/mol. The summed E-state index contributed by atoms with van der Waals surface area (Å²) in [6.45, 7) is 9.81. The highest BCUT2D eigenvalue weighted by Gasteiger charge is 2.84. The van der Waals surface area contributed by atoms with Crippen molar-refractivity contribution in [3.63, 3.8) is 0 Å². The Morgan fingerprint density at radius 2 is 1.10 bits per heavy atom. The van der Waals surface area contributed by atoms with E-state index >= 15 is 0 Å². The van der Waals surface area contributed by atoms with E-state index in [1.54, 1.807) is 0 Å². The molecule has 7 aromatic rings. The average molecular weight is 818 g/mol. The third kappa shape index (κ3) is 4.37. The smallest absolute Gasteiger partial charge is 0.131 e. The van der Waals surface area contributed by atoms with Crippen molar-refractivity contribution in [2.24, 2.45) is 29.1 Å². The molecule has 1 heterocycles. The minimum atomic E-state index is -0.488. The van der Waals surface area contributed by atoms with E-state index in [9.17, 15) is 0 Å². The van der Waals surface area contributed by atoms with E-state index in [4.69, 9.17) is 4.74 Å². The Bertz CT molecular complexity index is 3010. The Hall–Kier alpha value is -5.86. The van der Waals surface area contributed by atoms with E-state index in [0.717, 1.165) is 23.3 Å². The number of fused-ring (bicyclic) bond motifs is 11. The fourth-order valence-electron chi connectivity index (χ4n) is 16.0. The molecule has 2 heteroatoms. The van der Waals surface area contributed by atoms with Crippen LogP contribution in [0.2, 0.25) is 0 Å². The number of nitrogens with zero attached hydrogens (tertiary/aromatic N) is 1. The molecule has 4 saturated carbocycles. The summed E-state index contributed by atoms with van der Waals surface area (Å²) in [5.41, 5.74) is 17.6. The lowest BCUT2D eigenvalue weighted by Crippen LogP contribution is -2.74. The van der Waals surface area contributed by atoms with Crippen molar-refractivity contribution in [2.75, 3.05) is 4.90 Å². The Kier molecular flexibility index (Phi) is 7.11.